The highest BCUT2D eigenvalue weighted by atomic mass is 35.5. The standard InChI is InChI=1S/C25H18ClN3O2S/c1-15-6-9-19(26)11-21(15)28-22(30)12-29-14-27-24-23(25(29)31)20(13-32-24)18-8-7-16-4-2-3-5-17(16)10-18/h2-11,13-14H,12H2,1H3,(H,28,30). The summed E-state index contributed by atoms with van der Waals surface area (Å²) < 4.78 is 1.34. The molecule has 0 aliphatic rings. The van der Waals surface area contributed by atoms with Crippen LogP contribution in [0.25, 0.3) is 32.1 Å². The van der Waals surface area contributed by atoms with Crippen molar-refractivity contribution in [2.45, 2.75) is 13.5 Å². The Morgan fingerprint density at radius 1 is 1.09 bits per heavy atom. The molecule has 0 aliphatic heterocycles. The molecular weight excluding hydrogens is 442 g/mol. The number of carbonyl (C=O) groups excluding carboxylic acids is 1. The molecule has 5 rings (SSSR count). The monoisotopic (exact) mass is 459 g/mol. The Hall–Kier alpha value is -3.48. The number of hydrogen-bond donors (Lipinski definition) is 1. The molecular formula is C25H18ClN3O2S. The molecule has 5 nitrogen and oxygen atoms in total. The Kier molecular flexibility index (Phi) is 5.25. The number of halogens is 1. The molecule has 0 unspecified atom stereocenters. The highest BCUT2D eigenvalue weighted by molar-refractivity contribution is 7.17. The fourth-order valence-electron chi connectivity index (χ4n) is 3.72. The van der Waals surface area contributed by atoms with Crippen molar-refractivity contribution in [2.75, 3.05) is 5.32 Å². The molecule has 2 aromatic heterocycles. The van der Waals surface area contributed by atoms with Crippen LogP contribution in [0.3, 0.4) is 0 Å². The lowest BCUT2D eigenvalue weighted by molar-refractivity contribution is -0.116. The van der Waals surface area contributed by atoms with Crippen LogP contribution in [0.5, 0.6) is 0 Å². The average molecular weight is 460 g/mol. The van der Waals surface area contributed by atoms with E-state index in [0.717, 1.165) is 27.5 Å². The lowest BCUT2D eigenvalue weighted by atomic mass is 10.0. The first kappa shape index (κ1) is 20.4. The van der Waals surface area contributed by atoms with Gasteiger partial charge in [-0.25, -0.2) is 4.98 Å². The Morgan fingerprint density at radius 2 is 1.91 bits per heavy atom. The Bertz CT molecular complexity index is 1550. The van der Waals surface area contributed by atoms with E-state index in [1.165, 1.54) is 22.2 Å². The number of anilines is 1. The Labute approximate surface area is 192 Å². The van der Waals surface area contributed by atoms with Crippen molar-refractivity contribution in [3.8, 4) is 11.1 Å². The van der Waals surface area contributed by atoms with E-state index in [4.69, 9.17) is 11.6 Å². The van der Waals surface area contributed by atoms with E-state index in [-0.39, 0.29) is 18.0 Å². The van der Waals surface area contributed by atoms with Crippen LogP contribution < -0.4 is 10.9 Å². The summed E-state index contributed by atoms with van der Waals surface area (Å²) in [7, 11) is 0. The van der Waals surface area contributed by atoms with Crippen LogP contribution in [-0.2, 0) is 11.3 Å². The second kappa shape index (κ2) is 8.22. The summed E-state index contributed by atoms with van der Waals surface area (Å²) in [5.74, 6) is -0.318. The fraction of sp³-hybridized carbons (Fsp3) is 0.0800. The van der Waals surface area contributed by atoms with Crippen molar-refractivity contribution in [2.24, 2.45) is 0 Å². The summed E-state index contributed by atoms with van der Waals surface area (Å²) in [6.07, 6.45) is 1.43. The van der Waals surface area contributed by atoms with Gasteiger partial charge in [-0.05, 0) is 47.0 Å². The van der Waals surface area contributed by atoms with Gasteiger partial charge in [0.25, 0.3) is 5.56 Å². The Balaban J connectivity index is 1.50. The minimum Gasteiger partial charge on any atom is -0.324 e. The maximum Gasteiger partial charge on any atom is 0.263 e. The van der Waals surface area contributed by atoms with Crippen LogP contribution >= 0.6 is 22.9 Å². The highest BCUT2D eigenvalue weighted by Crippen LogP contribution is 2.32. The number of aromatic nitrogens is 2. The van der Waals surface area contributed by atoms with Crippen LogP contribution in [0.15, 0.2) is 77.2 Å². The van der Waals surface area contributed by atoms with Gasteiger partial charge in [0.2, 0.25) is 5.91 Å². The van der Waals surface area contributed by atoms with Gasteiger partial charge in [0.1, 0.15) is 11.4 Å². The number of thiophene rings is 1. The van der Waals surface area contributed by atoms with Crippen LogP contribution in [0.1, 0.15) is 5.56 Å². The zero-order valence-corrected chi connectivity index (χ0v) is 18.7. The molecule has 3 aromatic carbocycles. The van der Waals surface area contributed by atoms with Gasteiger partial charge in [-0.2, -0.15) is 0 Å². The topological polar surface area (TPSA) is 64.0 Å². The van der Waals surface area contributed by atoms with Gasteiger partial charge >= 0.3 is 0 Å². The molecule has 0 bridgehead atoms. The smallest absolute Gasteiger partial charge is 0.263 e. The van der Waals surface area contributed by atoms with Gasteiger partial charge in [0.05, 0.1) is 11.7 Å². The zero-order valence-electron chi connectivity index (χ0n) is 17.1. The summed E-state index contributed by atoms with van der Waals surface area (Å²) >= 11 is 7.46. The number of nitrogens with one attached hydrogen (secondary N) is 1. The lowest BCUT2D eigenvalue weighted by Crippen LogP contribution is -2.28. The molecule has 2 heterocycles. The third-order valence-electron chi connectivity index (χ3n) is 5.41. The second-order valence-electron chi connectivity index (χ2n) is 7.58. The first-order valence-corrected chi connectivity index (χ1v) is 11.3. The van der Waals surface area contributed by atoms with Crippen LogP contribution in [0.4, 0.5) is 5.69 Å². The summed E-state index contributed by atoms with van der Waals surface area (Å²) in [6, 6.07) is 19.5. The van der Waals surface area contributed by atoms with Crippen molar-refractivity contribution < 1.29 is 4.79 Å². The minimum atomic E-state index is -0.318. The van der Waals surface area contributed by atoms with Gasteiger partial charge in [-0.15, -0.1) is 11.3 Å². The summed E-state index contributed by atoms with van der Waals surface area (Å²) in [6.45, 7) is 1.74. The van der Waals surface area contributed by atoms with E-state index in [1.54, 1.807) is 12.1 Å². The first-order valence-electron chi connectivity index (χ1n) is 10.0. The minimum absolute atomic E-state index is 0.138. The van der Waals surface area contributed by atoms with E-state index in [9.17, 15) is 9.59 Å². The van der Waals surface area contributed by atoms with E-state index >= 15 is 0 Å². The summed E-state index contributed by atoms with van der Waals surface area (Å²) in [5.41, 5.74) is 3.05. The molecule has 0 atom stereocenters. The fourth-order valence-corrected chi connectivity index (χ4v) is 4.80. The van der Waals surface area contributed by atoms with Crippen molar-refractivity contribution in [1.82, 2.24) is 9.55 Å². The molecule has 1 amide bonds. The third-order valence-corrected chi connectivity index (χ3v) is 6.53. The average Bonchev–Trinajstić information content (AvgIpc) is 3.23. The third kappa shape index (κ3) is 3.79. The van der Waals surface area contributed by atoms with Crippen molar-refractivity contribution in [3.63, 3.8) is 0 Å². The number of fused-ring (bicyclic) bond motifs is 2. The Morgan fingerprint density at radius 3 is 2.75 bits per heavy atom. The highest BCUT2D eigenvalue weighted by Gasteiger charge is 2.15. The van der Waals surface area contributed by atoms with E-state index in [2.05, 4.69) is 22.4 Å². The van der Waals surface area contributed by atoms with Crippen molar-refractivity contribution >= 4 is 55.5 Å². The molecule has 0 radical (unpaired) electrons. The number of hydrogen-bond acceptors (Lipinski definition) is 4. The molecule has 158 valence electrons. The van der Waals surface area contributed by atoms with Crippen LogP contribution in [0.2, 0.25) is 5.02 Å². The molecule has 0 aliphatic carbocycles. The maximum atomic E-state index is 13.3. The number of rotatable bonds is 4. The molecule has 5 aromatic rings. The molecule has 7 heteroatoms. The van der Waals surface area contributed by atoms with Gasteiger partial charge in [0, 0.05) is 21.7 Å². The predicted molar refractivity (Wildman–Crippen MR) is 132 cm³/mol. The van der Waals surface area contributed by atoms with Gasteiger partial charge in [-0.3, -0.25) is 14.2 Å². The normalized spacial score (nSPS) is 11.2. The van der Waals surface area contributed by atoms with E-state index < -0.39 is 0 Å². The number of aryl methyl sites for hydroxylation is 1. The number of carbonyl (C=O) groups is 1. The molecule has 1 N–H and O–H groups in total. The number of amides is 1. The number of nitrogens with zero attached hydrogens (tertiary/aromatic N) is 2. The quantitative estimate of drug-likeness (QED) is 0.365. The summed E-state index contributed by atoms with van der Waals surface area (Å²) in [5, 5.41) is 8.07. The predicted octanol–water partition coefficient (Wildman–Crippen LogP) is 5.88. The molecule has 0 saturated carbocycles. The molecule has 32 heavy (non-hydrogen) atoms. The van der Waals surface area contributed by atoms with Gasteiger partial charge < -0.3 is 5.32 Å². The molecule has 0 spiro atoms. The zero-order chi connectivity index (χ0) is 22.2. The molecule has 0 saturated heterocycles. The van der Waals surface area contributed by atoms with Gasteiger partial charge in [-0.1, -0.05) is 54.1 Å². The van der Waals surface area contributed by atoms with E-state index in [0.29, 0.717) is 20.9 Å². The van der Waals surface area contributed by atoms with Crippen LogP contribution in [-0.4, -0.2) is 15.5 Å². The van der Waals surface area contributed by atoms with Crippen molar-refractivity contribution in [3.05, 3.63) is 93.3 Å². The second-order valence-corrected chi connectivity index (χ2v) is 8.87. The largest absolute Gasteiger partial charge is 0.324 e. The van der Waals surface area contributed by atoms with Crippen molar-refractivity contribution in [1.29, 1.82) is 0 Å². The first-order chi connectivity index (χ1) is 15.5. The molecule has 0 fully saturated rings. The van der Waals surface area contributed by atoms with E-state index in [1.807, 2.05) is 48.7 Å². The summed E-state index contributed by atoms with van der Waals surface area (Å²) in [4.78, 5) is 31.0. The lowest BCUT2D eigenvalue weighted by Gasteiger charge is -2.10. The van der Waals surface area contributed by atoms with Gasteiger partial charge in [0.15, 0.2) is 0 Å². The SMILES string of the molecule is Cc1ccc(Cl)cc1NC(=O)Cn1cnc2scc(-c3ccc4ccccc4c3)c2c1=O. The number of benzene rings is 3. The maximum absolute atomic E-state index is 13.3. The van der Waals surface area contributed by atoms with Crippen LogP contribution in [0, 0.1) is 6.92 Å².